The molecule has 0 fully saturated rings. The number of halogens is 1. The molecule has 0 bridgehead atoms. The molecule has 0 saturated carbocycles. The Bertz CT molecular complexity index is 416. The fourth-order valence-corrected chi connectivity index (χ4v) is 2.32. The molecule has 0 heterocycles. The van der Waals surface area contributed by atoms with E-state index in [2.05, 4.69) is 19.2 Å². The van der Waals surface area contributed by atoms with Gasteiger partial charge < -0.3 is 11.1 Å². The quantitative estimate of drug-likeness (QED) is 0.804. The van der Waals surface area contributed by atoms with Crippen LogP contribution < -0.4 is 11.1 Å². The molecule has 0 saturated heterocycles. The largest absolute Gasteiger partial charge is 0.398 e. The van der Waals surface area contributed by atoms with Gasteiger partial charge in [0.1, 0.15) is 0 Å². The number of hydrogen-bond donors (Lipinski definition) is 2. The lowest BCUT2D eigenvalue weighted by Gasteiger charge is -2.22. The number of rotatable bonds is 5. The van der Waals surface area contributed by atoms with Crippen molar-refractivity contribution in [2.24, 2.45) is 5.92 Å². The molecule has 0 aliphatic rings. The predicted molar refractivity (Wildman–Crippen MR) is 76.9 cm³/mol. The number of hydrogen-bond acceptors (Lipinski definition) is 2. The Morgan fingerprint density at radius 2 is 2.00 bits per heavy atom. The number of nitrogens with two attached hydrogens (primary N) is 1. The van der Waals surface area contributed by atoms with Crippen LogP contribution in [0.1, 0.15) is 44.0 Å². The number of nitrogen functional groups attached to an aromatic ring is 1. The van der Waals surface area contributed by atoms with Gasteiger partial charge in [-0.3, -0.25) is 4.79 Å². The Labute approximate surface area is 114 Å². The van der Waals surface area contributed by atoms with Crippen molar-refractivity contribution >= 4 is 23.2 Å². The lowest BCUT2D eigenvalue weighted by atomic mass is 9.95. The molecule has 3 N–H and O–H groups in total. The third-order valence-corrected chi connectivity index (χ3v) is 3.61. The molecule has 1 rings (SSSR count). The van der Waals surface area contributed by atoms with Crippen molar-refractivity contribution in [3.05, 3.63) is 28.8 Å². The number of benzene rings is 1. The van der Waals surface area contributed by atoms with Gasteiger partial charge >= 0.3 is 0 Å². The molecule has 1 aromatic rings. The molecule has 0 aliphatic heterocycles. The molecule has 100 valence electrons. The molecule has 1 aromatic carbocycles. The third kappa shape index (κ3) is 3.64. The monoisotopic (exact) mass is 268 g/mol. The second-order valence-electron chi connectivity index (χ2n) is 4.57. The molecule has 0 aromatic heterocycles. The molecule has 3 nitrogen and oxygen atoms in total. The average Bonchev–Trinajstić information content (AvgIpc) is 2.30. The van der Waals surface area contributed by atoms with Crippen molar-refractivity contribution in [3.63, 3.8) is 0 Å². The summed E-state index contributed by atoms with van der Waals surface area (Å²) >= 11 is 5.81. The van der Waals surface area contributed by atoms with E-state index in [9.17, 15) is 4.79 Å². The van der Waals surface area contributed by atoms with Crippen molar-refractivity contribution in [1.29, 1.82) is 0 Å². The Hall–Kier alpha value is -1.22. The van der Waals surface area contributed by atoms with Crippen molar-refractivity contribution in [2.45, 2.75) is 39.7 Å². The molecule has 1 atom stereocenters. The summed E-state index contributed by atoms with van der Waals surface area (Å²) in [6, 6.07) is 5.07. The van der Waals surface area contributed by atoms with E-state index in [1.807, 2.05) is 6.92 Å². The first-order valence-corrected chi connectivity index (χ1v) is 6.73. The Kier molecular flexibility index (Phi) is 5.48. The van der Waals surface area contributed by atoms with Crippen LogP contribution in [0.2, 0.25) is 5.02 Å². The van der Waals surface area contributed by atoms with Gasteiger partial charge in [0.15, 0.2) is 0 Å². The van der Waals surface area contributed by atoms with Gasteiger partial charge in [-0.25, -0.2) is 0 Å². The molecule has 0 spiro atoms. The van der Waals surface area contributed by atoms with Crippen LogP contribution in [0.25, 0.3) is 0 Å². The van der Waals surface area contributed by atoms with E-state index >= 15 is 0 Å². The highest BCUT2D eigenvalue weighted by molar-refractivity contribution is 6.31. The maximum absolute atomic E-state index is 12.1. The smallest absolute Gasteiger partial charge is 0.253 e. The number of nitrogens with one attached hydrogen (secondary N) is 1. The molecule has 4 heteroatoms. The van der Waals surface area contributed by atoms with E-state index in [-0.39, 0.29) is 11.9 Å². The van der Waals surface area contributed by atoms with Crippen LogP contribution in [0.3, 0.4) is 0 Å². The minimum Gasteiger partial charge on any atom is -0.398 e. The van der Waals surface area contributed by atoms with Crippen LogP contribution >= 0.6 is 11.6 Å². The van der Waals surface area contributed by atoms with Gasteiger partial charge in [0.05, 0.1) is 5.56 Å². The highest BCUT2D eigenvalue weighted by Gasteiger charge is 2.18. The molecule has 18 heavy (non-hydrogen) atoms. The summed E-state index contributed by atoms with van der Waals surface area (Å²) in [4.78, 5) is 12.1. The third-order valence-electron chi connectivity index (χ3n) is 3.37. The van der Waals surface area contributed by atoms with Crippen molar-refractivity contribution < 1.29 is 4.79 Å². The van der Waals surface area contributed by atoms with E-state index < -0.39 is 0 Å². The lowest BCUT2D eigenvalue weighted by molar-refractivity contribution is 0.0926. The van der Waals surface area contributed by atoms with E-state index in [1.165, 1.54) is 0 Å². The minimum atomic E-state index is -0.136. The van der Waals surface area contributed by atoms with E-state index in [0.29, 0.717) is 22.2 Å². The summed E-state index contributed by atoms with van der Waals surface area (Å²) < 4.78 is 0. The Morgan fingerprint density at radius 1 is 1.39 bits per heavy atom. The fraction of sp³-hybridized carbons (Fsp3) is 0.500. The fourth-order valence-electron chi connectivity index (χ4n) is 2.14. The van der Waals surface area contributed by atoms with Crippen LogP contribution in [0.15, 0.2) is 18.2 Å². The van der Waals surface area contributed by atoms with Crippen LogP contribution in [0.4, 0.5) is 5.69 Å². The molecule has 0 aliphatic carbocycles. The number of amides is 1. The first-order valence-electron chi connectivity index (χ1n) is 6.35. The van der Waals surface area contributed by atoms with Crippen LogP contribution in [0.5, 0.6) is 0 Å². The van der Waals surface area contributed by atoms with Gasteiger partial charge in [-0.05, 0) is 31.0 Å². The number of carbonyl (C=O) groups excluding carboxylic acids is 1. The summed E-state index contributed by atoms with van der Waals surface area (Å²) in [5, 5.41) is 3.54. The molecule has 0 radical (unpaired) electrons. The highest BCUT2D eigenvalue weighted by Crippen LogP contribution is 2.19. The summed E-state index contributed by atoms with van der Waals surface area (Å²) in [6.07, 6.45) is 2.10. The van der Waals surface area contributed by atoms with Gasteiger partial charge in [0.2, 0.25) is 0 Å². The van der Waals surface area contributed by atoms with Gasteiger partial charge in [0.25, 0.3) is 5.91 Å². The van der Waals surface area contributed by atoms with E-state index in [4.69, 9.17) is 17.3 Å². The maximum atomic E-state index is 12.1. The topological polar surface area (TPSA) is 55.1 Å². The maximum Gasteiger partial charge on any atom is 0.253 e. The SMILES string of the molecule is CCC(CC)C(C)NC(=O)c1ccc(Cl)cc1N. The lowest BCUT2D eigenvalue weighted by Crippen LogP contribution is -2.38. The molecule has 1 amide bonds. The normalized spacial score (nSPS) is 12.5. The van der Waals surface area contributed by atoms with Crippen molar-refractivity contribution in [2.75, 3.05) is 5.73 Å². The second kappa shape index (κ2) is 6.64. The van der Waals surface area contributed by atoms with Gasteiger partial charge in [-0.2, -0.15) is 0 Å². The Balaban J connectivity index is 2.76. The standard InChI is InChI=1S/C14H21ClN2O/c1-4-10(5-2)9(3)17-14(18)12-7-6-11(15)8-13(12)16/h6-10H,4-5,16H2,1-3H3,(H,17,18). The molecular formula is C14H21ClN2O. The zero-order valence-corrected chi connectivity index (χ0v) is 11.9. The van der Waals surface area contributed by atoms with Gasteiger partial charge in [-0.1, -0.05) is 38.3 Å². The van der Waals surface area contributed by atoms with Crippen molar-refractivity contribution in [1.82, 2.24) is 5.32 Å². The van der Waals surface area contributed by atoms with Crippen LogP contribution in [0, 0.1) is 5.92 Å². The minimum absolute atomic E-state index is 0.136. The number of carbonyl (C=O) groups is 1. The van der Waals surface area contributed by atoms with Gasteiger partial charge in [0, 0.05) is 16.8 Å². The summed E-state index contributed by atoms with van der Waals surface area (Å²) in [5.41, 5.74) is 6.69. The van der Waals surface area contributed by atoms with Crippen LogP contribution in [-0.2, 0) is 0 Å². The number of anilines is 1. The summed E-state index contributed by atoms with van der Waals surface area (Å²) in [5.74, 6) is 0.353. The first kappa shape index (κ1) is 14.8. The molecule has 1 unspecified atom stereocenters. The Morgan fingerprint density at radius 3 is 2.50 bits per heavy atom. The summed E-state index contributed by atoms with van der Waals surface area (Å²) in [6.45, 7) is 6.29. The molecular weight excluding hydrogens is 248 g/mol. The average molecular weight is 269 g/mol. The van der Waals surface area contributed by atoms with Crippen LogP contribution in [-0.4, -0.2) is 11.9 Å². The second-order valence-corrected chi connectivity index (χ2v) is 5.01. The first-order chi connectivity index (χ1) is 8.49. The van der Waals surface area contributed by atoms with Gasteiger partial charge in [-0.15, -0.1) is 0 Å². The predicted octanol–water partition coefficient (Wildman–Crippen LogP) is 3.48. The van der Waals surface area contributed by atoms with E-state index in [0.717, 1.165) is 12.8 Å². The van der Waals surface area contributed by atoms with E-state index in [1.54, 1.807) is 18.2 Å². The zero-order valence-electron chi connectivity index (χ0n) is 11.2. The zero-order chi connectivity index (χ0) is 13.7. The summed E-state index contributed by atoms with van der Waals surface area (Å²) in [7, 11) is 0. The highest BCUT2D eigenvalue weighted by atomic mass is 35.5. The van der Waals surface area contributed by atoms with Crippen molar-refractivity contribution in [3.8, 4) is 0 Å².